The molecule has 4 aromatic carbocycles. The Kier molecular flexibility index (Phi) is 6.74. The van der Waals surface area contributed by atoms with Gasteiger partial charge in [-0.25, -0.2) is 4.79 Å². The van der Waals surface area contributed by atoms with Crippen LogP contribution in [0.3, 0.4) is 0 Å². The van der Waals surface area contributed by atoms with Crippen LogP contribution >= 0.6 is 0 Å². The zero-order chi connectivity index (χ0) is 22.2. The van der Waals surface area contributed by atoms with E-state index >= 15 is 0 Å². The molecule has 2 nitrogen and oxygen atoms in total. The lowest BCUT2D eigenvalue weighted by Gasteiger charge is -2.13. The van der Waals surface area contributed by atoms with Crippen molar-refractivity contribution in [3.05, 3.63) is 131 Å². The van der Waals surface area contributed by atoms with Crippen LogP contribution < -0.4 is 0 Å². The molecule has 32 heavy (non-hydrogen) atoms. The van der Waals surface area contributed by atoms with Crippen molar-refractivity contribution >= 4 is 30.3 Å². The Morgan fingerprint density at radius 2 is 1.03 bits per heavy atom. The maximum atomic E-state index is 12.8. The zero-order valence-electron chi connectivity index (χ0n) is 17.9. The third-order valence-electron chi connectivity index (χ3n) is 5.21. The highest BCUT2D eigenvalue weighted by Crippen LogP contribution is 2.29. The smallest absolute Gasteiger partial charge is 0.339 e. The molecule has 4 rings (SSSR count). The fraction of sp³-hybridized carbons (Fsp3) is 0.0333. The van der Waals surface area contributed by atoms with E-state index in [4.69, 9.17) is 4.74 Å². The Bertz CT molecular complexity index is 1170. The summed E-state index contributed by atoms with van der Waals surface area (Å²) in [5.41, 5.74) is 6.44. The van der Waals surface area contributed by atoms with Gasteiger partial charge in [0, 0.05) is 0 Å². The SMILES string of the molecule is COC(=O)c1c(/C=C/c2ccccc2)cc(-c2ccccc2)cc1/C=C/c1ccccc1. The molecule has 0 aliphatic heterocycles. The third kappa shape index (κ3) is 5.11. The number of benzene rings is 4. The van der Waals surface area contributed by atoms with Crippen molar-refractivity contribution in [2.45, 2.75) is 0 Å². The molecule has 0 heterocycles. The number of esters is 1. The molecule has 0 radical (unpaired) electrons. The van der Waals surface area contributed by atoms with Crippen molar-refractivity contribution in [3.63, 3.8) is 0 Å². The van der Waals surface area contributed by atoms with Crippen LogP contribution in [0.2, 0.25) is 0 Å². The molecule has 0 aliphatic carbocycles. The largest absolute Gasteiger partial charge is 0.465 e. The first-order chi connectivity index (χ1) is 15.7. The first-order valence-electron chi connectivity index (χ1n) is 10.5. The number of rotatable bonds is 6. The number of ether oxygens (including phenoxy) is 1. The van der Waals surface area contributed by atoms with Gasteiger partial charge in [-0.15, -0.1) is 0 Å². The minimum atomic E-state index is -0.356. The van der Waals surface area contributed by atoms with Crippen LogP contribution in [0.15, 0.2) is 103 Å². The summed E-state index contributed by atoms with van der Waals surface area (Å²) in [4.78, 5) is 12.8. The first kappa shape index (κ1) is 21.1. The Balaban J connectivity index is 1.88. The van der Waals surface area contributed by atoms with Gasteiger partial charge in [-0.05, 0) is 45.5 Å². The lowest BCUT2D eigenvalue weighted by atomic mass is 9.93. The topological polar surface area (TPSA) is 26.3 Å². The minimum Gasteiger partial charge on any atom is -0.465 e. The lowest BCUT2D eigenvalue weighted by Crippen LogP contribution is -2.07. The Morgan fingerprint density at radius 1 is 0.594 bits per heavy atom. The van der Waals surface area contributed by atoms with E-state index in [9.17, 15) is 4.79 Å². The maximum Gasteiger partial charge on any atom is 0.339 e. The molecule has 0 fully saturated rings. The summed E-state index contributed by atoms with van der Waals surface area (Å²) in [5.74, 6) is -0.356. The van der Waals surface area contributed by atoms with Gasteiger partial charge in [0.15, 0.2) is 0 Å². The van der Waals surface area contributed by atoms with Gasteiger partial charge in [-0.2, -0.15) is 0 Å². The number of carbonyl (C=O) groups excluding carboxylic acids is 1. The van der Waals surface area contributed by atoms with Crippen molar-refractivity contribution in [2.24, 2.45) is 0 Å². The van der Waals surface area contributed by atoms with Crippen molar-refractivity contribution in [2.75, 3.05) is 7.11 Å². The molecule has 0 aromatic heterocycles. The Morgan fingerprint density at radius 3 is 1.47 bits per heavy atom. The van der Waals surface area contributed by atoms with Gasteiger partial charge in [0.1, 0.15) is 0 Å². The molecule has 0 N–H and O–H groups in total. The summed E-state index contributed by atoms with van der Waals surface area (Å²) in [6.07, 6.45) is 7.99. The molecular formula is C30H24O2. The Labute approximate surface area is 189 Å². The van der Waals surface area contributed by atoms with Crippen LogP contribution in [0.1, 0.15) is 32.6 Å². The standard InChI is InChI=1S/C30H24O2/c1-32-30(31)29-26(19-17-23-11-5-2-6-12-23)21-28(25-15-9-4-10-16-25)22-27(29)20-18-24-13-7-3-8-14-24/h2-22H,1H3/b19-17+,20-18+. The summed E-state index contributed by atoms with van der Waals surface area (Å²) in [6.45, 7) is 0. The van der Waals surface area contributed by atoms with Crippen molar-refractivity contribution in [1.82, 2.24) is 0 Å². The van der Waals surface area contributed by atoms with Crippen molar-refractivity contribution in [3.8, 4) is 11.1 Å². The van der Waals surface area contributed by atoms with Gasteiger partial charge >= 0.3 is 5.97 Å². The highest BCUT2D eigenvalue weighted by atomic mass is 16.5. The number of hydrogen-bond acceptors (Lipinski definition) is 2. The van der Waals surface area contributed by atoms with Gasteiger partial charge < -0.3 is 4.74 Å². The predicted octanol–water partition coefficient (Wildman–Crippen LogP) is 7.48. The van der Waals surface area contributed by atoms with Crippen LogP contribution in [0.25, 0.3) is 35.4 Å². The van der Waals surface area contributed by atoms with E-state index in [1.807, 2.05) is 115 Å². The summed E-state index contributed by atoms with van der Waals surface area (Å²) in [6, 6.07) is 34.3. The van der Waals surface area contributed by atoms with Crippen molar-refractivity contribution in [1.29, 1.82) is 0 Å². The second-order valence-corrected chi connectivity index (χ2v) is 7.38. The molecule has 0 unspecified atom stereocenters. The van der Waals surface area contributed by atoms with E-state index < -0.39 is 0 Å². The van der Waals surface area contributed by atoms with E-state index in [1.54, 1.807) is 0 Å². The third-order valence-corrected chi connectivity index (χ3v) is 5.21. The van der Waals surface area contributed by atoms with Crippen molar-refractivity contribution < 1.29 is 9.53 Å². The average Bonchev–Trinajstić information content (AvgIpc) is 2.87. The molecule has 0 aliphatic rings. The van der Waals surface area contributed by atoms with Crippen LogP contribution in [0.4, 0.5) is 0 Å². The molecule has 0 atom stereocenters. The fourth-order valence-corrected chi connectivity index (χ4v) is 3.59. The van der Waals surface area contributed by atoms with Crippen LogP contribution in [0, 0.1) is 0 Å². The van der Waals surface area contributed by atoms with Gasteiger partial charge in [0.05, 0.1) is 12.7 Å². The van der Waals surface area contributed by atoms with Gasteiger partial charge in [0.2, 0.25) is 0 Å². The molecule has 0 spiro atoms. The quantitative estimate of drug-likeness (QED) is 0.240. The number of carbonyl (C=O) groups is 1. The van der Waals surface area contributed by atoms with E-state index in [0.717, 1.165) is 33.4 Å². The molecule has 2 heteroatoms. The maximum absolute atomic E-state index is 12.8. The van der Waals surface area contributed by atoms with Gasteiger partial charge in [-0.3, -0.25) is 0 Å². The average molecular weight is 417 g/mol. The highest BCUT2D eigenvalue weighted by molar-refractivity contribution is 6.00. The first-order valence-corrected chi connectivity index (χ1v) is 10.5. The van der Waals surface area contributed by atoms with Gasteiger partial charge in [0.25, 0.3) is 0 Å². The van der Waals surface area contributed by atoms with Crippen LogP contribution in [0.5, 0.6) is 0 Å². The molecule has 0 bridgehead atoms. The van der Waals surface area contributed by atoms with E-state index in [-0.39, 0.29) is 5.97 Å². The summed E-state index contributed by atoms with van der Waals surface area (Å²) < 4.78 is 5.16. The molecule has 0 amide bonds. The van der Waals surface area contributed by atoms with E-state index in [2.05, 4.69) is 12.1 Å². The highest BCUT2D eigenvalue weighted by Gasteiger charge is 2.17. The number of hydrogen-bond donors (Lipinski definition) is 0. The lowest BCUT2D eigenvalue weighted by molar-refractivity contribution is 0.0600. The summed E-state index contributed by atoms with van der Waals surface area (Å²) >= 11 is 0. The van der Waals surface area contributed by atoms with Crippen LogP contribution in [-0.4, -0.2) is 13.1 Å². The Hall–Kier alpha value is -4.17. The summed E-state index contributed by atoms with van der Waals surface area (Å²) in [5, 5.41) is 0. The molecular weight excluding hydrogens is 392 g/mol. The molecule has 4 aromatic rings. The summed E-state index contributed by atoms with van der Waals surface area (Å²) in [7, 11) is 1.42. The fourth-order valence-electron chi connectivity index (χ4n) is 3.59. The minimum absolute atomic E-state index is 0.356. The number of methoxy groups -OCH3 is 1. The molecule has 0 saturated carbocycles. The van der Waals surface area contributed by atoms with E-state index in [1.165, 1.54) is 7.11 Å². The molecule has 0 saturated heterocycles. The zero-order valence-corrected chi connectivity index (χ0v) is 17.9. The monoisotopic (exact) mass is 416 g/mol. The second-order valence-electron chi connectivity index (χ2n) is 7.38. The van der Waals surface area contributed by atoms with E-state index in [0.29, 0.717) is 5.56 Å². The predicted molar refractivity (Wildman–Crippen MR) is 134 cm³/mol. The molecule has 156 valence electrons. The van der Waals surface area contributed by atoms with Crippen LogP contribution in [-0.2, 0) is 4.74 Å². The normalized spacial score (nSPS) is 11.2. The van der Waals surface area contributed by atoms with Gasteiger partial charge in [-0.1, -0.05) is 115 Å². The second kappa shape index (κ2) is 10.2.